The molecule has 3 unspecified atom stereocenters. The van der Waals surface area contributed by atoms with E-state index in [0.717, 1.165) is 51.4 Å². The van der Waals surface area contributed by atoms with E-state index in [1.54, 1.807) is 0 Å². The summed E-state index contributed by atoms with van der Waals surface area (Å²) in [7, 11) is 0. The molecule has 4 aliphatic rings. The monoisotopic (exact) mass is 783 g/mol. The van der Waals surface area contributed by atoms with Gasteiger partial charge in [-0.25, -0.2) is 9.97 Å². The summed E-state index contributed by atoms with van der Waals surface area (Å²) in [5.74, 6) is 1.88. The van der Waals surface area contributed by atoms with Gasteiger partial charge in [0.1, 0.15) is 0 Å². The van der Waals surface area contributed by atoms with Gasteiger partial charge in [0.15, 0.2) is 5.82 Å². The fourth-order valence-corrected chi connectivity index (χ4v) is 10.2. The summed E-state index contributed by atoms with van der Waals surface area (Å²) >= 11 is 0. The third-order valence-corrected chi connectivity index (χ3v) is 13.5. The standard InChI is InChI=1S/C57H57N3/c1-10-37(33-58-53(36(2)3)38-19-25-43(26-20-38)55(4,5)6)40-23-29-47-48-30-24-41(42-34-59-54(60-35-42)39-21-27-44(28-22-39)56(7,8)9)32-52(48)57(51(47)31-40)49-17-13-11-15-45(49)46-16-12-14-18-50(46)57/h10-27,29-36,44,47,51H,1,28H2,2-9H3/b37-33+,58-53?. The second-order valence-electron chi connectivity index (χ2n) is 19.5. The molecule has 0 radical (unpaired) electrons. The molecular weight excluding hydrogens is 727 g/mol. The molecule has 0 aliphatic heterocycles. The number of rotatable bonds is 7. The number of aromatic nitrogens is 2. The summed E-state index contributed by atoms with van der Waals surface area (Å²) in [5, 5.41) is 0. The van der Waals surface area contributed by atoms with Crippen LogP contribution in [0.25, 0.3) is 27.8 Å². The van der Waals surface area contributed by atoms with E-state index in [-0.39, 0.29) is 28.6 Å². The summed E-state index contributed by atoms with van der Waals surface area (Å²) in [6.45, 7) is 22.4. The topological polar surface area (TPSA) is 38.1 Å². The molecule has 5 aromatic rings. The van der Waals surface area contributed by atoms with Gasteiger partial charge in [0.2, 0.25) is 0 Å². The van der Waals surface area contributed by atoms with Crippen molar-refractivity contribution in [3.8, 4) is 22.3 Å². The molecule has 60 heavy (non-hydrogen) atoms. The molecule has 3 nitrogen and oxygen atoms in total. The van der Waals surface area contributed by atoms with E-state index in [2.05, 4.69) is 189 Å². The van der Waals surface area contributed by atoms with Crippen molar-refractivity contribution in [3.05, 3.63) is 209 Å². The number of allylic oxidation sites excluding steroid dienone is 10. The van der Waals surface area contributed by atoms with Crippen molar-refractivity contribution >= 4 is 11.3 Å². The molecule has 4 aliphatic carbocycles. The average molecular weight is 784 g/mol. The molecule has 4 aromatic carbocycles. The Bertz CT molecular complexity index is 2630. The molecule has 1 aromatic heterocycles. The lowest BCUT2D eigenvalue weighted by atomic mass is 9.64. The molecule has 0 saturated carbocycles. The van der Waals surface area contributed by atoms with Gasteiger partial charge in [-0.1, -0.05) is 189 Å². The van der Waals surface area contributed by atoms with Crippen LogP contribution in [-0.4, -0.2) is 15.7 Å². The zero-order valence-electron chi connectivity index (χ0n) is 36.5. The maximum Gasteiger partial charge on any atom is 0.158 e. The Balaban J connectivity index is 1.13. The Hall–Kier alpha value is -5.93. The third kappa shape index (κ3) is 6.63. The van der Waals surface area contributed by atoms with Crippen LogP contribution in [0.5, 0.6) is 0 Å². The summed E-state index contributed by atoms with van der Waals surface area (Å²) in [6.07, 6.45) is 23.1. The van der Waals surface area contributed by atoms with Crippen molar-refractivity contribution in [1.29, 1.82) is 0 Å². The van der Waals surface area contributed by atoms with Gasteiger partial charge < -0.3 is 0 Å². The van der Waals surface area contributed by atoms with Gasteiger partial charge in [-0.2, -0.15) is 0 Å². The van der Waals surface area contributed by atoms with Gasteiger partial charge in [-0.3, -0.25) is 4.99 Å². The summed E-state index contributed by atoms with van der Waals surface area (Å²) in [6, 6.07) is 34.1. The maximum absolute atomic E-state index is 5.20. The van der Waals surface area contributed by atoms with Crippen molar-refractivity contribution in [2.24, 2.45) is 28.2 Å². The van der Waals surface area contributed by atoms with Crippen LogP contribution in [0.15, 0.2) is 175 Å². The zero-order chi connectivity index (χ0) is 42.0. The van der Waals surface area contributed by atoms with Crippen LogP contribution in [0.3, 0.4) is 0 Å². The molecule has 1 spiro atoms. The van der Waals surface area contributed by atoms with E-state index in [1.165, 1.54) is 38.9 Å². The minimum absolute atomic E-state index is 0.0989. The number of aliphatic imine (C=N–C) groups is 1. The maximum atomic E-state index is 5.20. The number of nitrogens with zero attached hydrogens (tertiary/aromatic N) is 3. The minimum Gasteiger partial charge on any atom is -0.260 e. The molecule has 3 heteroatoms. The molecule has 0 fully saturated rings. The van der Waals surface area contributed by atoms with E-state index in [9.17, 15) is 0 Å². The fourth-order valence-electron chi connectivity index (χ4n) is 10.2. The molecular formula is C57H57N3. The van der Waals surface area contributed by atoms with Crippen LogP contribution in [0, 0.1) is 23.2 Å². The van der Waals surface area contributed by atoms with E-state index in [1.807, 2.05) is 24.7 Å². The molecule has 0 N–H and O–H groups in total. The minimum atomic E-state index is -0.394. The van der Waals surface area contributed by atoms with Gasteiger partial charge in [0.05, 0.1) is 11.1 Å². The van der Waals surface area contributed by atoms with Gasteiger partial charge >= 0.3 is 0 Å². The van der Waals surface area contributed by atoms with Crippen molar-refractivity contribution in [2.75, 3.05) is 0 Å². The van der Waals surface area contributed by atoms with E-state index in [4.69, 9.17) is 15.0 Å². The smallest absolute Gasteiger partial charge is 0.158 e. The Morgan fingerprint density at radius 2 is 1.45 bits per heavy atom. The number of hydrogen-bond donors (Lipinski definition) is 0. The van der Waals surface area contributed by atoms with E-state index < -0.39 is 5.41 Å². The molecule has 3 atom stereocenters. The quantitative estimate of drug-likeness (QED) is 0.122. The first kappa shape index (κ1) is 39.5. The second kappa shape index (κ2) is 15.0. The van der Waals surface area contributed by atoms with Gasteiger partial charge in [-0.15, -0.1) is 0 Å². The van der Waals surface area contributed by atoms with Gasteiger partial charge in [-0.05, 0) is 96.4 Å². The Labute approximate surface area is 357 Å². The van der Waals surface area contributed by atoms with Crippen molar-refractivity contribution in [1.82, 2.24) is 9.97 Å². The number of hydrogen-bond acceptors (Lipinski definition) is 3. The Morgan fingerprint density at radius 1 is 0.783 bits per heavy atom. The highest BCUT2D eigenvalue weighted by molar-refractivity contribution is 6.02. The highest BCUT2D eigenvalue weighted by Crippen LogP contribution is 2.66. The van der Waals surface area contributed by atoms with E-state index in [0.29, 0.717) is 5.92 Å². The van der Waals surface area contributed by atoms with Gasteiger partial charge in [0, 0.05) is 41.6 Å². The van der Waals surface area contributed by atoms with Crippen molar-refractivity contribution in [3.63, 3.8) is 0 Å². The average Bonchev–Trinajstić information content (AvgIpc) is 3.71. The molecule has 1 heterocycles. The molecule has 9 rings (SSSR count). The molecule has 0 bridgehead atoms. The van der Waals surface area contributed by atoms with Crippen LogP contribution in [0.2, 0.25) is 0 Å². The van der Waals surface area contributed by atoms with E-state index >= 15 is 0 Å². The fraction of sp³-hybridized carbons (Fsp3) is 0.281. The molecule has 0 saturated heterocycles. The van der Waals surface area contributed by atoms with Crippen LogP contribution in [0.1, 0.15) is 107 Å². The second-order valence-corrected chi connectivity index (χ2v) is 19.5. The lowest BCUT2D eigenvalue weighted by Crippen LogP contribution is -2.33. The third-order valence-electron chi connectivity index (χ3n) is 13.5. The lowest BCUT2D eigenvalue weighted by molar-refractivity contribution is 0.294. The first-order valence-electron chi connectivity index (χ1n) is 21.8. The predicted molar refractivity (Wildman–Crippen MR) is 252 cm³/mol. The first-order chi connectivity index (χ1) is 28.8. The summed E-state index contributed by atoms with van der Waals surface area (Å²) < 4.78 is 0. The van der Waals surface area contributed by atoms with Crippen molar-refractivity contribution in [2.45, 2.75) is 78.6 Å². The molecule has 300 valence electrons. The normalized spacial score (nSPS) is 20.4. The first-order valence-corrected chi connectivity index (χ1v) is 21.8. The highest BCUT2D eigenvalue weighted by Gasteiger charge is 2.57. The largest absolute Gasteiger partial charge is 0.260 e. The predicted octanol–water partition coefficient (Wildman–Crippen LogP) is 14.2. The lowest BCUT2D eigenvalue weighted by Gasteiger charge is -2.37. The Kier molecular flexibility index (Phi) is 9.86. The summed E-state index contributed by atoms with van der Waals surface area (Å²) in [5.41, 5.74) is 17.0. The summed E-state index contributed by atoms with van der Waals surface area (Å²) in [4.78, 5) is 15.1. The van der Waals surface area contributed by atoms with Crippen LogP contribution >= 0.6 is 0 Å². The van der Waals surface area contributed by atoms with Crippen LogP contribution in [-0.2, 0) is 10.8 Å². The van der Waals surface area contributed by atoms with Crippen LogP contribution < -0.4 is 0 Å². The number of fused-ring (bicyclic) bond motifs is 10. The number of benzene rings is 4. The highest BCUT2D eigenvalue weighted by atomic mass is 14.9. The Morgan fingerprint density at radius 3 is 2.03 bits per heavy atom. The van der Waals surface area contributed by atoms with Gasteiger partial charge in [0.25, 0.3) is 0 Å². The van der Waals surface area contributed by atoms with Crippen molar-refractivity contribution < 1.29 is 0 Å². The van der Waals surface area contributed by atoms with Crippen LogP contribution in [0.4, 0.5) is 0 Å². The zero-order valence-corrected chi connectivity index (χ0v) is 36.5. The SMILES string of the molecule is C=C/C(=C\N=C(c1ccc(C(C)(C)C)cc1)C(C)C)C1=CC2C(C=C1)c1ccc(-c3cnc(C4=CCC(C(C)(C)C)C=C4)nc3)cc1C21c2ccccc2-c2ccccc21. The molecule has 0 amide bonds.